The number of nitrogens with one attached hydrogen (secondary N) is 2. The molecule has 0 spiro atoms. The van der Waals surface area contributed by atoms with E-state index in [1.807, 2.05) is 30.3 Å². The van der Waals surface area contributed by atoms with Crippen molar-refractivity contribution in [3.05, 3.63) is 77.6 Å². The van der Waals surface area contributed by atoms with Gasteiger partial charge in [-0.05, 0) is 36.6 Å². The molecule has 2 rings (SSSR count). The second kappa shape index (κ2) is 9.37. The SMILES string of the molecule is CC(NC(=O)/C=C/c1ccccc1)C(=O)NCCc1ccccc1F. The largest absolute Gasteiger partial charge is 0.354 e. The summed E-state index contributed by atoms with van der Waals surface area (Å²) in [5.41, 5.74) is 1.45. The molecule has 2 amide bonds. The van der Waals surface area contributed by atoms with Crippen LogP contribution in [-0.4, -0.2) is 24.4 Å². The fraction of sp³-hybridized carbons (Fsp3) is 0.200. The van der Waals surface area contributed by atoms with Gasteiger partial charge in [0.15, 0.2) is 0 Å². The van der Waals surface area contributed by atoms with Gasteiger partial charge in [0.25, 0.3) is 0 Å². The first-order chi connectivity index (χ1) is 12.1. The van der Waals surface area contributed by atoms with Crippen molar-refractivity contribution in [2.75, 3.05) is 6.54 Å². The lowest BCUT2D eigenvalue weighted by Crippen LogP contribution is -2.44. The van der Waals surface area contributed by atoms with E-state index in [1.54, 1.807) is 31.2 Å². The van der Waals surface area contributed by atoms with E-state index >= 15 is 0 Å². The molecule has 4 nitrogen and oxygen atoms in total. The fourth-order valence-corrected chi connectivity index (χ4v) is 2.24. The maximum absolute atomic E-state index is 13.5. The number of carbonyl (C=O) groups excluding carboxylic acids is 2. The molecule has 0 heterocycles. The maximum atomic E-state index is 13.5. The number of benzene rings is 2. The summed E-state index contributed by atoms with van der Waals surface area (Å²) in [6.45, 7) is 1.91. The highest BCUT2D eigenvalue weighted by Crippen LogP contribution is 2.06. The zero-order valence-corrected chi connectivity index (χ0v) is 14.0. The number of halogens is 1. The summed E-state index contributed by atoms with van der Waals surface area (Å²) in [5, 5.41) is 5.29. The van der Waals surface area contributed by atoms with E-state index in [2.05, 4.69) is 10.6 Å². The van der Waals surface area contributed by atoms with Gasteiger partial charge in [0, 0.05) is 12.6 Å². The Balaban J connectivity index is 1.75. The van der Waals surface area contributed by atoms with Gasteiger partial charge in [-0.25, -0.2) is 4.39 Å². The third-order valence-electron chi connectivity index (χ3n) is 3.63. The zero-order chi connectivity index (χ0) is 18.1. The molecule has 0 saturated heterocycles. The van der Waals surface area contributed by atoms with E-state index in [0.717, 1.165) is 5.56 Å². The molecule has 25 heavy (non-hydrogen) atoms. The predicted octanol–water partition coefficient (Wildman–Crippen LogP) is 2.70. The Labute approximate surface area is 146 Å². The van der Waals surface area contributed by atoms with Gasteiger partial charge in [0.05, 0.1) is 0 Å². The van der Waals surface area contributed by atoms with Gasteiger partial charge in [-0.15, -0.1) is 0 Å². The first-order valence-electron chi connectivity index (χ1n) is 8.11. The van der Waals surface area contributed by atoms with Crippen LogP contribution in [-0.2, 0) is 16.0 Å². The molecule has 2 N–H and O–H groups in total. The van der Waals surface area contributed by atoms with E-state index in [-0.39, 0.29) is 17.6 Å². The quantitative estimate of drug-likeness (QED) is 0.762. The minimum Gasteiger partial charge on any atom is -0.354 e. The molecular formula is C20H21FN2O2. The molecule has 0 aliphatic heterocycles. The Morgan fingerprint density at radius 1 is 1.08 bits per heavy atom. The van der Waals surface area contributed by atoms with Crippen LogP contribution in [0.25, 0.3) is 6.08 Å². The van der Waals surface area contributed by atoms with Crippen LogP contribution in [0, 0.1) is 5.82 Å². The van der Waals surface area contributed by atoms with E-state index in [9.17, 15) is 14.0 Å². The molecule has 1 unspecified atom stereocenters. The van der Waals surface area contributed by atoms with Crippen LogP contribution in [0.4, 0.5) is 4.39 Å². The highest BCUT2D eigenvalue weighted by atomic mass is 19.1. The van der Waals surface area contributed by atoms with Crippen molar-refractivity contribution in [1.29, 1.82) is 0 Å². The van der Waals surface area contributed by atoms with Crippen molar-refractivity contribution < 1.29 is 14.0 Å². The minimum atomic E-state index is -0.673. The van der Waals surface area contributed by atoms with Crippen LogP contribution in [0.2, 0.25) is 0 Å². The van der Waals surface area contributed by atoms with Crippen LogP contribution >= 0.6 is 0 Å². The Morgan fingerprint density at radius 3 is 2.48 bits per heavy atom. The summed E-state index contributed by atoms with van der Waals surface area (Å²) < 4.78 is 13.5. The Kier molecular flexibility index (Phi) is 6.89. The number of hydrogen-bond donors (Lipinski definition) is 2. The van der Waals surface area contributed by atoms with Crippen molar-refractivity contribution in [3.63, 3.8) is 0 Å². The van der Waals surface area contributed by atoms with E-state index in [4.69, 9.17) is 0 Å². The normalized spacial score (nSPS) is 11.9. The second-order valence-corrected chi connectivity index (χ2v) is 5.61. The Bertz CT molecular complexity index is 744. The number of hydrogen-bond acceptors (Lipinski definition) is 2. The van der Waals surface area contributed by atoms with Crippen molar-refractivity contribution in [2.24, 2.45) is 0 Å². The van der Waals surface area contributed by atoms with Crippen molar-refractivity contribution in [3.8, 4) is 0 Å². The Hall–Kier alpha value is -2.95. The summed E-state index contributed by atoms with van der Waals surface area (Å²) in [6, 6.07) is 15.2. The summed E-state index contributed by atoms with van der Waals surface area (Å²) in [6.07, 6.45) is 3.46. The van der Waals surface area contributed by atoms with Crippen molar-refractivity contribution in [2.45, 2.75) is 19.4 Å². The molecule has 0 fully saturated rings. The van der Waals surface area contributed by atoms with Crippen LogP contribution < -0.4 is 10.6 Å². The Morgan fingerprint density at radius 2 is 1.76 bits per heavy atom. The third kappa shape index (κ3) is 6.22. The van der Waals surface area contributed by atoms with Crippen LogP contribution in [0.3, 0.4) is 0 Å². The number of rotatable bonds is 7. The van der Waals surface area contributed by atoms with Gasteiger partial charge >= 0.3 is 0 Å². The third-order valence-corrected chi connectivity index (χ3v) is 3.63. The molecule has 0 aromatic heterocycles. The zero-order valence-electron chi connectivity index (χ0n) is 14.0. The molecule has 2 aromatic carbocycles. The molecule has 0 aliphatic rings. The predicted molar refractivity (Wildman–Crippen MR) is 96.2 cm³/mol. The van der Waals surface area contributed by atoms with E-state index in [0.29, 0.717) is 18.5 Å². The van der Waals surface area contributed by atoms with Crippen LogP contribution in [0.1, 0.15) is 18.1 Å². The van der Waals surface area contributed by atoms with Gasteiger partial charge in [-0.3, -0.25) is 9.59 Å². The summed E-state index contributed by atoms with van der Waals surface area (Å²) in [4.78, 5) is 23.8. The molecule has 5 heteroatoms. The smallest absolute Gasteiger partial charge is 0.244 e. The van der Waals surface area contributed by atoms with Gasteiger partial charge in [-0.2, -0.15) is 0 Å². The summed E-state index contributed by atoms with van der Waals surface area (Å²) >= 11 is 0. The molecule has 0 bridgehead atoms. The van der Waals surface area contributed by atoms with Crippen molar-refractivity contribution in [1.82, 2.24) is 10.6 Å². The summed E-state index contributed by atoms with van der Waals surface area (Å²) in [5.74, 6) is -0.942. The molecular weight excluding hydrogens is 319 g/mol. The van der Waals surface area contributed by atoms with Gasteiger partial charge in [0.1, 0.15) is 11.9 Å². The second-order valence-electron chi connectivity index (χ2n) is 5.61. The van der Waals surface area contributed by atoms with Gasteiger partial charge in [-0.1, -0.05) is 48.5 Å². The minimum absolute atomic E-state index is 0.288. The summed E-state index contributed by atoms with van der Waals surface area (Å²) in [7, 11) is 0. The average Bonchev–Trinajstić information content (AvgIpc) is 2.62. The van der Waals surface area contributed by atoms with Crippen molar-refractivity contribution >= 4 is 17.9 Å². The molecule has 0 radical (unpaired) electrons. The molecule has 1 atom stereocenters. The number of amides is 2. The highest BCUT2D eigenvalue weighted by Gasteiger charge is 2.13. The lowest BCUT2D eigenvalue weighted by molar-refractivity contribution is -0.126. The molecule has 0 saturated carbocycles. The fourth-order valence-electron chi connectivity index (χ4n) is 2.24. The van der Waals surface area contributed by atoms with Gasteiger partial charge < -0.3 is 10.6 Å². The van der Waals surface area contributed by atoms with Gasteiger partial charge in [0.2, 0.25) is 11.8 Å². The standard InChI is InChI=1S/C20H21FN2O2/c1-15(23-19(24)12-11-16-7-3-2-4-8-16)20(25)22-14-13-17-9-5-6-10-18(17)21/h2-12,15H,13-14H2,1H3,(H,22,25)(H,23,24)/b12-11+. The highest BCUT2D eigenvalue weighted by molar-refractivity contribution is 5.95. The topological polar surface area (TPSA) is 58.2 Å². The first-order valence-corrected chi connectivity index (χ1v) is 8.11. The molecule has 0 aliphatic carbocycles. The number of carbonyl (C=O) groups is 2. The lowest BCUT2D eigenvalue weighted by Gasteiger charge is -2.13. The average molecular weight is 340 g/mol. The first kappa shape index (κ1) is 18.4. The lowest BCUT2D eigenvalue weighted by atomic mass is 10.1. The monoisotopic (exact) mass is 340 g/mol. The van der Waals surface area contributed by atoms with Crippen LogP contribution in [0.5, 0.6) is 0 Å². The van der Waals surface area contributed by atoms with Crippen LogP contribution in [0.15, 0.2) is 60.7 Å². The van der Waals surface area contributed by atoms with E-state index < -0.39 is 6.04 Å². The molecule has 2 aromatic rings. The maximum Gasteiger partial charge on any atom is 0.244 e. The van der Waals surface area contributed by atoms with E-state index in [1.165, 1.54) is 12.1 Å². The molecule has 130 valence electrons.